The third-order valence-corrected chi connectivity index (χ3v) is 5.74. The van der Waals surface area contributed by atoms with Crippen LogP contribution < -0.4 is 16.2 Å². The number of anilines is 1. The summed E-state index contributed by atoms with van der Waals surface area (Å²) in [7, 11) is 0. The van der Waals surface area contributed by atoms with Gasteiger partial charge in [-0.05, 0) is 31.7 Å². The van der Waals surface area contributed by atoms with Gasteiger partial charge in [-0.1, -0.05) is 43.9 Å². The summed E-state index contributed by atoms with van der Waals surface area (Å²) in [6.07, 6.45) is 9.13. The van der Waals surface area contributed by atoms with E-state index in [1.807, 2.05) is 24.3 Å². The molecule has 1 aliphatic carbocycles. The van der Waals surface area contributed by atoms with Crippen molar-refractivity contribution in [2.45, 2.75) is 63.5 Å². The van der Waals surface area contributed by atoms with Gasteiger partial charge in [0.05, 0.1) is 11.4 Å². The minimum Gasteiger partial charge on any atom is -0.353 e. The lowest BCUT2D eigenvalue weighted by molar-refractivity contribution is 0.320. The van der Waals surface area contributed by atoms with E-state index in [1.165, 1.54) is 19.3 Å². The number of nitrogens with zero attached hydrogens (tertiary/aromatic N) is 3. The molecule has 0 amide bonds. The highest BCUT2D eigenvalue weighted by Crippen LogP contribution is 2.30. The van der Waals surface area contributed by atoms with Gasteiger partial charge in [0.2, 0.25) is 0 Å². The Balaban J connectivity index is 1.84. The molecule has 1 saturated heterocycles. The van der Waals surface area contributed by atoms with E-state index in [0.29, 0.717) is 0 Å². The number of fused-ring (bicyclic) bond motifs is 1. The van der Waals surface area contributed by atoms with Crippen LogP contribution in [0.2, 0.25) is 0 Å². The van der Waals surface area contributed by atoms with Crippen molar-refractivity contribution in [2.24, 2.45) is 5.73 Å². The van der Waals surface area contributed by atoms with Crippen molar-refractivity contribution in [3.63, 3.8) is 0 Å². The first-order valence-corrected chi connectivity index (χ1v) is 9.76. The predicted octanol–water partition coefficient (Wildman–Crippen LogP) is 3.22. The molecule has 1 aliphatic heterocycles. The van der Waals surface area contributed by atoms with E-state index in [4.69, 9.17) is 10.8 Å². The minimum atomic E-state index is 0.0605. The second-order valence-corrected chi connectivity index (χ2v) is 7.61. The zero-order chi connectivity index (χ0) is 17.2. The molecule has 25 heavy (non-hydrogen) atoms. The largest absolute Gasteiger partial charge is 0.353 e. The molecule has 5 nitrogen and oxygen atoms in total. The summed E-state index contributed by atoms with van der Waals surface area (Å²) in [5.41, 5.74) is 6.34. The summed E-state index contributed by atoms with van der Waals surface area (Å²) >= 11 is 0. The SMILES string of the molecule is N[C@H]1CCCCN(c2nn(C3CCCCC3)c(=O)c3ccccc23)C1. The molecule has 1 aromatic heterocycles. The lowest BCUT2D eigenvalue weighted by atomic mass is 9.95. The minimum absolute atomic E-state index is 0.0605. The lowest BCUT2D eigenvalue weighted by Gasteiger charge is -2.28. The van der Waals surface area contributed by atoms with E-state index in [-0.39, 0.29) is 17.6 Å². The van der Waals surface area contributed by atoms with Gasteiger partial charge in [-0.25, -0.2) is 4.68 Å². The molecule has 0 unspecified atom stereocenters. The standard InChI is InChI=1S/C20H28N4O/c21-15-8-6-7-13-23(14-15)19-17-11-4-5-12-18(17)20(25)24(22-19)16-9-2-1-3-10-16/h4-5,11-12,15-16H,1-3,6-10,13-14,21H2/t15-/m0/s1. The van der Waals surface area contributed by atoms with Crippen molar-refractivity contribution in [3.05, 3.63) is 34.6 Å². The summed E-state index contributed by atoms with van der Waals surface area (Å²) in [6.45, 7) is 1.79. The van der Waals surface area contributed by atoms with Crippen molar-refractivity contribution in [1.29, 1.82) is 0 Å². The fourth-order valence-corrected chi connectivity index (χ4v) is 4.36. The number of benzene rings is 1. The average molecular weight is 340 g/mol. The third kappa shape index (κ3) is 3.30. The van der Waals surface area contributed by atoms with Crippen molar-refractivity contribution >= 4 is 16.6 Å². The molecule has 0 spiro atoms. The highest BCUT2D eigenvalue weighted by atomic mass is 16.1. The average Bonchev–Trinajstić information content (AvgIpc) is 2.87. The van der Waals surface area contributed by atoms with Crippen LogP contribution in [0.25, 0.3) is 10.8 Å². The highest BCUT2D eigenvalue weighted by molar-refractivity contribution is 5.91. The molecule has 2 fully saturated rings. The first kappa shape index (κ1) is 16.6. The van der Waals surface area contributed by atoms with Gasteiger partial charge in [0.15, 0.2) is 5.82 Å². The quantitative estimate of drug-likeness (QED) is 0.912. The number of hydrogen-bond acceptors (Lipinski definition) is 4. The van der Waals surface area contributed by atoms with Crippen molar-refractivity contribution in [3.8, 4) is 0 Å². The van der Waals surface area contributed by atoms with Gasteiger partial charge in [-0.3, -0.25) is 4.79 Å². The van der Waals surface area contributed by atoms with Gasteiger partial charge in [-0.15, -0.1) is 0 Å². The fraction of sp³-hybridized carbons (Fsp3) is 0.600. The van der Waals surface area contributed by atoms with Crippen LogP contribution in [-0.2, 0) is 0 Å². The maximum absolute atomic E-state index is 13.1. The van der Waals surface area contributed by atoms with Gasteiger partial charge in [-0.2, -0.15) is 5.10 Å². The number of hydrogen-bond donors (Lipinski definition) is 1. The fourth-order valence-electron chi connectivity index (χ4n) is 4.36. The van der Waals surface area contributed by atoms with Crippen LogP contribution in [0.4, 0.5) is 5.82 Å². The zero-order valence-electron chi connectivity index (χ0n) is 14.9. The maximum atomic E-state index is 13.1. The summed E-state index contributed by atoms with van der Waals surface area (Å²) in [5.74, 6) is 0.943. The Bertz CT molecular complexity index is 794. The predicted molar refractivity (Wildman–Crippen MR) is 102 cm³/mol. The Kier molecular flexibility index (Phi) is 4.75. The number of rotatable bonds is 2. The zero-order valence-corrected chi connectivity index (χ0v) is 14.9. The third-order valence-electron chi connectivity index (χ3n) is 5.74. The molecule has 4 rings (SSSR count). The topological polar surface area (TPSA) is 64.2 Å². The second kappa shape index (κ2) is 7.16. The van der Waals surface area contributed by atoms with Gasteiger partial charge in [0.1, 0.15) is 0 Å². The first-order chi connectivity index (χ1) is 12.2. The van der Waals surface area contributed by atoms with Gasteiger partial charge in [0, 0.05) is 24.5 Å². The molecule has 134 valence electrons. The summed E-state index contributed by atoms with van der Waals surface area (Å²) in [5, 5.41) is 6.65. The Hall–Kier alpha value is -1.88. The van der Waals surface area contributed by atoms with Crippen LogP contribution in [0.1, 0.15) is 57.4 Å². The van der Waals surface area contributed by atoms with Gasteiger partial charge >= 0.3 is 0 Å². The second-order valence-electron chi connectivity index (χ2n) is 7.61. The van der Waals surface area contributed by atoms with E-state index in [0.717, 1.165) is 61.8 Å². The molecular weight excluding hydrogens is 312 g/mol. The first-order valence-electron chi connectivity index (χ1n) is 9.76. The van der Waals surface area contributed by atoms with E-state index >= 15 is 0 Å². The van der Waals surface area contributed by atoms with E-state index < -0.39 is 0 Å². The molecule has 1 saturated carbocycles. The van der Waals surface area contributed by atoms with Crippen LogP contribution >= 0.6 is 0 Å². The van der Waals surface area contributed by atoms with Crippen molar-refractivity contribution < 1.29 is 0 Å². The smallest absolute Gasteiger partial charge is 0.275 e. The Morgan fingerprint density at radius 2 is 1.68 bits per heavy atom. The van der Waals surface area contributed by atoms with Crippen LogP contribution in [0, 0.1) is 0 Å². The molecule has 1 atom stereocenters. The molecule has 1 aromatic carbocycles. The molecular formula is C20H28N4O. The maximum Gasteiger partial charge on any atom is 0.275 e. The van der Waals surface area contributed by atoms with Crippen LogP contribution in [-0.4, -0.2) is 28.9 Å². The molecule has 0 bridgehead atoms. The molecule has 2 N–H and O–H groups in total. The Morgan fingerprint density at radius 3 is 2.48 bits per heavy atom. The molecule has 2 heterocycles. The van der Waals surface area contributed by atoms with Crippen molar-refractivity contribution in [2.75, 3.05) is 18.0 Å². The highest BCUT2D eigenvalue weighted by Gasteiger charge is 2.24. The van der Waals surface area contributed by atoms with Crippen molar-refractivity contribution in [1.82, 2.24) is 9.78 Å². The number of nitrogens with two attached hydrogens (primary N) is 1. The molecule has 2 aliphatic rings. The molecule has 0 radical (unpaired) electrons. The van der Waals surface area contributed by atoms with Gasteiger partial charge < -0.3 is 10.6 Å². The normalized spacial score (nSPS) is 22.9. The Labute approximate surface area is 148 Å². The Morgan fingerprint density at radius 1 is 0.960 bits per heavy atom. The van der Waals surface area contributed by atoms with E-state index in [9.17, 15) is 4.79 Å². The molecule has 2 aromatic rings. The van der Waals surface area contributed by atoms with Crippen LogP contribution in [0.15, 0.2) is 29.1 Å². The van der Waals surface area contributed by atoms with E-state index in [1.54, 1.807) is 4.68 Å². The van der Waals surface area contributed by atoms with Crippen LogP contribution in [0.3, 0.4) is 0 Å². The van der Waals surface area contributed by atoms with Gasteiger partial charge in [0.25, 0.3) is 5.56 Å². The van der Waals surface area contributed by atoms with Crippen LogP contribution in [0.5, 0.6) is 0 Å². The summed E-state index contributed by atoms with van der Waals surface area (Å²) in [4.78, 5) is 15.4. The molecule has 5 heteroatoms. The number of aromatic nitrogens is 2. The monoisotopic (exact) mass is 340 g/mol. The summed E-state index contributed by atoms with van der Waals surface area (Å²) in [6, 6.07) is 8.34. The summed E-state index contributed by atoms with van der Waals surface area (Å²) < 4.78 is 1.78. The lowest BCUT2D eigenvalue weighted by Crippen LogP contribution is -2.38. The van der Waals surface area contributed by atoms with E-state index in [2.05, 4.69) is 4.90 Å².